The lowest BCUT2D eigenvalue weighted by Crippen LogP contribution is -2.22. The first-order valence-corrected chi connectivity index (χ1v) is 10.3. The standard InChI is InChI=1S/C25H27F2NO/c1-2-3-4-5-19-6-10-21(11-7-19)22-12-14-23(15-13-22)25(26,27)29-24-16-8-20(18-28)9-17-24/h3-4,8-9,12-17,19,21H,2,5-7,10-11H2,1H3/t19-,21-. The van der Waals surface area contributed by atoms with Gasteiger partial charge in [-0.25, -0.2) is 0 Å². The van der Waals surface area contributed by atoms with Crippen LogP contribution in [-0.4, -0.2) is 0 Å². The number of nitrogens with zero attached hydrogens (tertiary/aromatic N) is 1. The second-order valence-corrected chi connectivity index (χ2v) is 7.71. The summed E-state index contributed by atoms with van der Waals surface area (Å²) in [6.45, 7) is 2.15. The Bertz CT molecular complexity index is 842. The van der Waals surface area contributed by atoms with Gasteiger partial charge in [-0.3, -0.25) is 0 Å². The lowest BCUT2D eigenvalue weighted by Gasteiger charge is -2.28. The van der Waals surface area contributed by atoms with Crippen LogP contribution in [0.15, 0.2) is 60.7 Å². The predicted molar refractivity (Wildman–Crippen MR) is 111 cm³/mol. The summed E-state index contributed by atoms with van der Waals surface area (Å²) < 4.78 is 33.9. The number of rotatable bonds is 7. The van der Waals surface area contributed by atoms with Crippen molar-refractivity contribution < 1.29 is 13.5 Å². The number of hydrogen-bond donors (Lipinski definition) is 0. The van der Waals surface area contributed by atoms with Crippen LogP contribution in [0.25, 0.3) is 0 Å². The van der Waals surface area contributed by atoms with E-state index in [4.69, 9.17) is 10.00 Å². The molecule has 0 heterocycles. The highest BCUT2D eigenvalue weighted by Crippen LogP contribution is 2.38. The van der Waals surface area contributed by atoms with Crippen molar-refractivity contribution in [2.45, 2.75) is 57.5 Å². The molecule has 0 aromatic heterocycles. The number of benzene rings is 2. The first-order chi connectivity index (χ1) is 14.0. The van der Waals surface area contributed by atoms with Gasteiger partial charge in [0.05, 0.1) is 17.2 Å². The molecule has 3 rings (SSSR count). The van der Waals surface area contributed by atoms with Crippen LogP contribution in [0, 0.1) is 17.2 Å². The van der Waals surface area contributed by atoms with E-state index in [9.17, 15) is 8.78 Å². The van der Waals surface area contributed by atoms with Crippen LogP contribution in [0.2, 0.25) is 0 Å². The fourth-order valence-corrected chi connectivity index (χ4v) is 3.94. The van der Waals surface area contributed by atoms with Crippen molar-refractivity contribution in [3.8, 4) is 11.8 Å². The molecule has 1 saturated carbocycles. The van der Waals surface area contributed by atoms with Gasteiger partial charge in [-0.05, 0) is 92.3 Å². The zero-order valence-corrected chi connectivity index (χ0v) is 16.8. The lowest BCUT2D eigenvalue weighted by atomic mass is 9.77. The lowest BCUT2D eigenvalue weighted by molar-refractivity contribution is -0.185. The van der Waals surface area contributed by atoms with Gasteiger partial charge < -0.3 is 4.74 Å². The Hall–Kier alpha value is -2.67. The van der Waals surface area contributed by atoms with Crippen LogP contribution in [-0.2, 0) is 6.11 Å². The van der Waals surface area contributed by atoms with E-state index in [1.165, 1.54) is 49.2 Å². The molecule has 0 amide bonds. The number of ether oxygens (including phenoxy) is 1. The van der Waals surface area contributed by atoms with Crippen molar-refractivity contribution in [3.05, 3.63) is 77.4 Å². The molecule has 1 aliphatic carbocycles. The van der Waals surface area contributed by atoms with Crippen molar-refractivity contribution in [3.63, 3.8) is 0 Å². The molecule has 2 aromatic carbocycles. The smallest absolute Gasteiger partial charge is 0.426 e. The molecule has 0 unspecified atom stereocenters. The van der Waals surface area contributed by atoms with Crippen molar-refractivity contribution in [1.29, 1.82) is 5.26 Å². The third-order valence-corrected chi connectivity index (χ3v) is 5.67. The van der Waals surface area contributed by atoms with E-state index < -0.39 is 6.11 Å². The molecule has 2 nitrogen and oxygen atoms in total. The fraction of sp³-hybridized carbons (Fsp3) is 0.400. The second-order valence-electron chi connectivity index (χ2n) is 7.71. The molecule has 152 valence electrons. The molecule has 2 aromatic rings. The predicted octanol–water partition coefficient (Wildman–Crippen LogP) is 7.32. The molecule has 0 aliphatic heterocycles. The number of nitriles is 1. The zero-order chi connectivity index (χ0) is 20.7. The average molecular weight is 395 g/mol. The molecule has 0 N–H and O–H groups in total. The molecular formula is C25H27F2NO. The number of allylic oxidation sites excluding steroid dienone is 2. The number of hydrogen-bond acceptors (Lipinski definition) is 2. The van der Waals surface area contributed by atoms with Gasteiger partial charge in [0.2, 0.25) is 0 Å². The Balaban J connectivity index is 1.59. The van der Waals surface area contributed by atoms with Crippen LogP contribution in [0.5, 0.6) is 5.75 Å². The summed E-state index contributed by atoms with van der Waals surface area (Å²) >= 11 is 0. The maximum absolute atomic E-state index is 14.5. The minimum absolute atomic E-state index is 0.0357. The van der Waals surface area contributed by atoms with Crippen LogP contribution in [0.3, 0.4) is 0 Å². The van der Waals surface area contributed by atoms with E-state index in [0.717, 1.165) is 37.2 Å². The van der Waals surface area contributed by atoms with Crippen molar-refractivity contribution in [1.82, 2.24) is 0 Å². The van der Waals surface area contributed by atoms with Crippen LogP contribution >= 0.6 is 0 Å². The molecule has 1 aliphatic rings. The van der Waals surface area contributed by atoms with Gasteiger partial charge in [-0.1, -0.05) is 31.2 Å². The number of alkyl halides is 2. The summed E-state index contributed by atoms with van der Waals surface area (Å²) in [5.74, 6) is 1.23. The minimum atomic E-state index is -3.42. The Labute approximate surface area is 171 Å². The Morgan fingerprint density at radius 1 is 1.00 bits per heavy atom. The molecule has 1 fully saturated rings. The molecule has 0 radical (unpaired) electrons. The highest BCUT2D eigenvalue weighted by molar-refractivity contribution is 5.35. The van der Waals surface area contributed by atoms with Crippen molar-refractivity contribution in [2.24, 2.45) is 5.92 Å². The van der Waals surface area contributed by atoms with Crippen LogP contribution in [0.1, 0.15) is 68.1 Å². The van der Waals surface area contributed by atoms with Gasteiger partial charge in [-0.2, -0.15) is 14.0 Å². The van der Waals surface area contributed by atoms with E-state index >= 15 is 0 Å². The SMILES string of the molecule is CCC=CC[C@H]1CC[C@H](c2ccc(C(F)(F)Oc3ccc(C#N)cc3)cc2)CC1. The van der Waals surface area contributed by atoms with E-state index in [-0.39, 0.29) is 11.3 Å². The summed E-state index contributed by atoms with van der Waals surface area (Å²) in [5, 5.41) is 8.79. The molecule has 0 bridgehead atoms. The fourth-order valence-electron chi connectivity index (χ4n) is 3.94. The van der Waals surface area contributed by atoms with Gasteiger partial charge in [0.1, 0.15) is 5.75 Å². The first-order valence-electron chi connectivity index (χ1n) is 10.3. The quantitative estimate of drug-likeness (QED) is 0.460. The van der Waals surface area contributed by atoms with Gasteiger partial charge in [0, 0.05) is 0 Å². The maximum atomic E-state index is 14.5. The summed E-state index contributed by atoms with van der Waals surface area (Å²) in [7, 11) is 0. The Morgan fingerprint density at radius 3 is 2.24 bits per heavy atom. The van der Waals surface area contributed by atoms with Gasteiger partial charge >= 0.3 is 6.11 Å². The maximum Gasteiger partial charge on any atom is 0.426 e. The molecule has 0 spiro atoms. The summed E-state index contributed by atoms with van der Waals surface area (Å²) in [6, 6.07) is 14.2. The van der Waals surface area contributed by atoms with Crippen molar-refractivity contribution in [2.75, 3.05) is 0 Å². The zero-order valence-electron chi connectivity index (χ0n) is 16.8. The van der Waals surface area contributed by atoms with Gasteiger partial charge in [0.25, 0.3) is 0 Å². The summed E-state index contributed by atoms with van der Waals surface area (Å²) in [4.78, 5) is 0. The first kappa shape index (κ1) is 21.0. The van der Waals surface area contributed by atoms with Gasteiger partial charge in [0.15, 0.2) is 0 Å². The van der Waals surface area contributed by atoms with Crippen molar-refractivity contribution >= 4 is 0 Å². The summed E-state index contributed by atoms with van der Waals surface area (Å²) in [6.07, 6.45) is 7.94. The largest absolute Gasteiger partial charge is 0.429 e. The second kappa shape index (κ2) is 9.69. The Kier molecular flexibility index (Phi) is 7.04. The summed E-state index contributed by atoms with van der Waals surface area (Å²) in [5.41, 5.74) is 1.37. The topological polar surface area (TPSA) is 33.0 Å². The van der Waals surface area contributed by atoms with E-state index in [1.54, 1.807) is 0 Å². The minimum Gasteiger partial charge on any atom is -0.429 e. The molecule has 0 atom stereocenters. The highest BCUT2D eigenvalue weighted by atomic mass is 19.3. The van der Waals surface area contributed by atoms with E-state index in [1.807, 2.05) is 18.2 Å². The van der Waals surface area contributed by atoms with E-state index in [0.29, 0.717) is 11.5 Å². The third kappa shape index (κ3) is 5.67. The Morgan fingerprint density at radius 2 is 1.66 bits per heavy atom. The monoisotopic (exact) mass is 395 g/mol. The highest BCUT2D eigenvalue weighted by Gasteiger charge is 2.34. The molecular weight excluding hydrogens is 368 g/mol. The normalized spacial score (nSPS) is 19.8. The molecule has 0 saturated heterocycles. The van der Waals surface area contributed by atoms with Gasteiger partial charge in [-0.15, -0.1) is 0 Å². The molecule has 4 heteroatoms. The van der Waals surface area contributed by atoms with E-state index in [2.05, 4.69) is 19.1 Å². The average Bonchev–Trinajstić information content (AvgIpc) is 2.75. The van der Waals surface area contributed by atoms with Crippen LogP contribution < -0.4 is 4.74 Å². The van der Waals surface area contributed by atoms with Crippen LogP contribution in [0.4, 0.5) is 8.78 Å². The molecule has 29 heavy (non-hydrogen) atoms. The number of halogens is 2. The third-order valence-electron chi connectivity index (χ3n) is 5.67.